The molecule has 1 aromatic heterocycles. The zero-order valence-electron chi connectivity index (χ0n) is 15.1. The van der Waals surface area contributed by atoms with Crippen molar-refractivity contribution in [1.29, 1.82) is 0 Å². The van der Waals surface area contributed by atoms with Gasteiger partial charge in [0.2, 0.25) is 10.0 Å². The van der Waals surface area contributed by atoms with Crippen LogP contribution < -0.4 is 0 Å². The number of sulfonamides is 1. The quantitative estimate of drug-likeness (QED) is 0.373. The second-order valence-electron chi connectivity index (χ2n) is 6.36. The largest absolute Gasteiger partial charge is 0.282 e. The van der Waals surface area contributed by atoms with Gasteiger partial charge in [0, 0.05) is 31.9 Å². The molecule has 1 aliphatic rings. The number of nitrogens with zero attached hydrogens (tertiary/aromatic N) is 4. The minimum Gasteiger partial charge on any atom is -0.282 e. The van der Waals surface area contributed by atoms with E-state index in [2.05, 4.69) is 16.6 Å². The van der Waals surface area contributed by atoms with Crippen LogP contribution in [0.4, 0.5) is 0 Å². The fourth-order valence-corrected chi connectivity index (χ4v) is 6.27. The highest BCUT2D eigenvalue weighted by atomic mass is 32.2. The molecule has 0 radical (unpaired) electrons. The summed E-state index contributed by atoms with van der Waals surface area (Å²) in [6, 6.07) is 8.59. The Morgan fingerprint density at radius 3 is 2.56 bits per heavy atom. The number of rotatable bonds is 7. The molecular formula is C17H22N4O2S4. The van der Waals surface area contributed by atoms with Gasteiger partial charge in [0.1, 0.15) is 0 Å². The molecule has 27 heavy (non-hydrogen) atoms. The van der Waals surface area contributed by atoms with E-state index in [0.29, 0.717) is 37.7 Å². The van der Waals surface area contributed by atoms with Crippen LogP contribution in [0.5, 0.6) is 0 Å². The van der Waals surface area contributed by atoms with Gasteiger partial charge in [-0.05, 0) is 31.3 Å². The highest BCUT2D eigenvalue weighted by molar-refractivity contribution is 8.01. The molecule has 0 bridgehead atoms. The van der Waals surface area contributed by atoms with Crippen LogP contribution in [0.2, 0.25) is 0 Å². The molecule has 2 heterocycles. The van der Waals surface area contributed by atoms with E-state index in [4.69, 9.17) is 12.2 Å². The van der Waals surface area contributed by atoms with Gasteiger partial charge in [0.15, 0.2) is 8.29 Å². The lowest BCUT2D eigenvalue weighted by Gasteiger charge is -2.33. The van der Waals surface area contributed by atoms with E-state index < -0.39 is 10.0 Å². The Kier molecular flexibility index (Phi) is 6.88. The molecule has 6 nitrogen and oxygen atoms in total. The number of hydrogen-bond acceptors (Lipinski definition) is 7. The SMILES string of the molecule is C=C(C)CSc1nn(CN2CCN(S(=O)(=O)c3ccccc3)CC2)c(=S)s1. The highest BCUT2D eigenvalue weighted by Crippen LogP contribution is 2.24. The van der Waals surface area contributed by atoms with Crippen molar-refractivity contribution in [3.05, 3.63) is 46.4 Å². The number of aromatic nitrogens is 2. The summed E-state index contributed by atoms with van der Waals surface area (Å²) in [6.07, 6.45) is 0. The van der Waals surface area contributed by atoms with Gasteiger partial charge < -0.3 is 0 Å². The van der Waals surface area contributed by atoms with Crippen molar-refractivity contribution < 1.29 is 8.42 Å². The Balaban J connectivity index is 1.59. The molecule has 1 aromatic carbocycles. The zero-order chi connectivity index (χ0) is 19.4. The van der Waals surface area contributed by atoms with Gasteiger partial charge in [-0.25, -0.2) is 13.1 Å². The van der Waals surface area contributed by atoms with Crippen LogP contribution in [0, 0.1) is 3.95 Å². The highest BCUT2D eigenvalue weighted by Gasteiger charge is 2.28. The van der Waals surface area contributed by atoms with E-state index in [0.717, 1.165) is 19.6 Å². The van der Waals surface area contributed by atoms with Crippen molar-refractivity contribution in [3.63, 3.8) is 0 Å². The average molecular weight is 443 g/mol. The van der Waals surface area contributed by atoms with Gasteiger partial charge in [-0.1, -0.05) is 53.4 Å². The van der Waals surface area contributed by atoms with Gasteiger partial charge in [-0.15, -0.1) is 0 Å². The Hall–Kier alpha value is -1.04. The normalized spacial score (nSPS) is 16.5. The number of benzene rings is 1. The lowest BCUT2D eigenvalue weighted by Crippen LogP contribution is -2.48. The first-order valence-corrected chi connectivity index (χ1v) is 12.1. The fourth-order valence-electron chi connectivity index (χ4n) is 2.66. The second-order valence-corrected chi connectivity index (χ2v) is 11.1. The van der Waals surface area contributed by atoms with E-state index in [1.54, 1.807) is 40.3 Å². The molecule has 1 aliphatic heterocycles. The first-order chi connectivity index (χ1) is 12.9. The Morgan fingerprint density at radius 2 is 1.93 bits per heavy atom. The van der Waals surface area contributed by atoms with Crippen LogP contribution >= 0.6 is 35.3 Å². The van der Waals surface area contributed by atoms with Crippen molar-refractivity contribution in [2.75, 3.05) is 31.9 Å². The first kappa shape index (κ1) is 20.7. The maximum atomic E-state index is 12.7. The predicted octanol–water partition coefficient (Wildman–Crippen LogP) is 3.31. The summed E-state index contributed by atoms with van der Waals surface area (Å²) in [6.45, 7) is 8.71. The Bertz CT molecular complexity index is 945. The van der Waals surface area contributed by atoms with Gasteiger partial charge in [0.25, 0.3) is 0 Å². The van der Waals surface area contributed by atoms with Crippen LogP contribution in [0.15, 0.2) is 51.7 Å². The molecule has 1 fully saturated rings. The number of piperazine rings is 1. The average Bonchev–Trinajstić information content (AvgIpc) is 3.01. The molecule has 0 atom stereocenters. The summed E-state index contributed by atoms with van der Waals surface area (Å²) in [5, 5.41) is 4.57. The molecule has 0 spiro atoms. The van der Waals surface area contributed by atoms with Crippen molar-refractivity contribution >= 4 is 45.3 Å². The van der Waals surface area contributed by atoms with E-state index in [9.17, 15) is 8.42 Å². The maximum absolute atomic E-state index is 12.7. The molecule has 2 aromatic rings. The standard InChI is InChI=1S/C17H22N4O2S4/c1-14(2)12-25-16-18-21(17(24)26-16)13-19-8-10-20(11-9-19)27(22,23)15-6-4-3-5-7-15/h3-7H,1,8-13H2,2H3. The third-order valence-corrected chi connectivity index (χ3v) is 8.66. The van der Waals surface area contributed by atoms with Gasteiger partial charge in [-0.3, -0.25) is 4.90 Å². The van der Waals surface area contributed by atoms with Gasteiger partial charge in [0.05, 0.1) is 11.6 Å². The number of hydrogen-bond donors (Lipinski definition) is 0. The van der Waals surface area contributed by atoms with Crippen LogP contribution in [-0.2, 0) is 16.7 Å². The molecule has 0 amide bonds. The monoisotopic (exact) mass is 442 g/mol. The van der Waals surface area contributed by atoms with Crippen LogP contribution in [-0.4, -0.2) is 59.3 Å². The Labute approximate surface area is 173 Å². The third kappa shape index (κ3) is 5.27. The molecule has 0 saturated carbocycles. The molecular weight excluding hydrogens is 420 g/mol. The third-order valence-electron chi connectivity index (χ3n) is 4.08. The molecule has 10 heteroatoms. The molecule has 0 unspecified atom stereocenters. The minimum absolute atomic E-state index is 0.347. The molecule has 146 valence electrons. The minimum atomic E-state index is -3.42. The topological polar surface area (TPSA) is 58.4 Å². The lowest BCUT2D eigenvalue weighted by atomic mass is 10.4. The number of thioether (sulfide) groups is 1. The lowest BCUT2D eigenvalue weighted by molar-refractivity contribution is 0.144. The Morgan fingerprint density at radius 1 is 1.26 bits per heavy atom. The summed E-state index contributed by atoms with van der Waals surface area (Å²) >= 11 is 8.56. The van der Waals surface area contributed by atoms with Crippen LogP contribution in [0.1, 0.15) is 6.92 Å². The van der Waals surface area contributed by atoms with Crippen molar-refractivity contribution in [1.82, 2.24) is 19.0 Å². The van der Waals surface area contributed by atoms with Crippen molar-refractivity contribution in [2.45, 2.75) is 22.8 Å². The maximum Gasteiger partial charge on any atom is 0.243 e. The van der Waals surface area contributed by atoms with Crippen LogP contribution in [0.3, 0.4) is 0 Å². The first-order valence-electron chi connectivity index (χ1n) is 8.49. The molecule has 3 rings (SSSR count). The molecule has 0 aliphatic carbocycles. The van der Waals surface area contributed by atoms with Crippen molar-refractivity contribution in [2.24, 2.45) is 0 Å². The van der Waals surface area contributed by atoms with E-state index >= 15 is 0 Å². The summed E-state index contributed by atoms with van der Waals surface area (Å²) < 4.78 is 30.4. The molecule has 0 N–H and O–H groups in total. The van der Waals surface area contributed by atoms with Gasteiger partial charge in [-0.2, -0.15) is 9.40 Å². The molecule has 1 saturated heterocycles. The van der Waals surface area contributed by atoms with Gasteiger partial charge >= 0.3 is 0 Å². The van der Waals surface area contributed by atoms with E-state index in [-0.39, 0.29) is 0 Å². The van der Waals surface area contributed by atoms with E-state index in [1.165, 1.54) is 11.3 Å². The summed E-state index contributed by atoms with van der Waals surface area (Å²) in [7, 11) is -3.42. The zero-order valence-corrected chi connectivity index (χ0v) is 18.3. The van der Waals surface area contributed by atoms with E-state index in [1.807, 2.05) is 17.7 Å². The second kappa shape index (κ2) is 8.97. The summed E-state index contributed by atoms with van der Waals surface area (Å²) in [5.74, 6) is 0.832. The fraction of sp³-hybridized carbons (Fsp3) is 0.412. The predicted molar refractivity (Wildman–Crippen MR) is 113 cm³/mol. The smallest absolute Gasteiger partial charge is 0.243 e. The summed E-state index contributed by atoms with van der Waals surface area (Å²) in [4.78, 5) is 2.53. The summed E-state index contributed by atoms with van der Waals surface area (Å²) in [5.41, 5.74) is 1.10. The van der Waals surface area contributed by atoms with Crippen molar-refractivity contribution in [3.8, 4) is 0 Å². The van der Waals surface area contributed by atoms with Crippen LogP contribution in [0.25, 0.3) is 0 Å².